The average Bonchev–Trinajstić information content (AvgIpc) is 2.79. The van der Waals surface area contributed by atoms with Crippen LogP contribution in [-0.2, 0) is 15.0 Å². The summed E-state index contributed by atoms with van der Waals surface area (Å²) >= 11 is 0. The predicted molar refractivity (Wildman–Crippen MR) is 128 cm³/mol. The van der Waals surface area contributed by atoms with Crippen LogP contribution in [0.3, 0.4) is 0 Å². The highest BCUT2D eigenvalue weighted by atomic mass is 16.2. The minimum atomic E-state index is -0.537. The van der Waals surface area contributed by atoms with Gasteiger partial charge in [0.2, 0.25) is 0 Å². The zero-order valence-corrected chi connectivity index (χ0v) is 19.8. The number of hydrogen-bond acceptors (Lipinski definition) is 4. The number of piperazine rings is 1. The van der Waals surface area contributed by atoms with Crippen molar-refractivity contribution in [2.45, 2.75) is 52.0 Å². The molecule has 4 amide bonds. The minimum Gasteiger partial charge on any atom is -0.368 e. The van der Waals surface area contributed by atoms with E-state index in [1.165, 1.54) is 11.3 Å². The van der Waals surface area contributed by atoms with Crippen LogP contribution in [0, 0.1) is 0 Å². The lowest BCUT2D eigenvalue weighted by Gasteiger charge is -2.38. The number of nitrogens with zero attached hydrogens (tertiary/aromatic N) is 3. The monoisotopic (exact) mass is 445 g/mol. The Balaban J connectivity index is 0.00000385. The summed E-state index contributed by atoms with van der Waals surface area (Å²) in [4.78, 5) is 42.9. The molecule has 8 heteroatoms. The van der Waals surface area contributed by atoms with Crippen molar-refractivity contribution in [2.75, 3.05) is 50.7 Å². The maximum absolute atomic E-state index is 12.7. The zero-order chi connectivity index (χ0) is 23.3. The lowest BCUT2D eigenvalue weighted by Crippen LogP contribution is -2.55. The second-order valence-electron chi connectivity index (χ2n) is 9.62. The van der Waals surface area contributed by atoms with E-state index in [1.54, 1.807) is 9.80 Å². The molecule has 1 aromatic carbocycles. The van der Waals surface area contributed by atoms with Crippen LogP contribution in [0.2, 0.25) is 0 Å². The van der Waals surface area contributed by atoms with Crippen molar-refractivity contribution in [2.24, 2.45) is 0 Å². The first-order chi connectivity index (χ1) is 15.2. The number of carbonyl (C=O) groups excluding carboxylic acids is 3. The number of para-hydroxylation sites is 1. The second kappa shape index (κ2) is 10.2. The van der Waals surface area contributed by atoms with Crippen molar-refractivity contribution >= 4 is 23.5 Å². The van der Waals surface area contributed by atoms with Gasteiger partial charge in [-0.05, 0) is 36.8 Å². The molecule has 0 aromatic heterocycles. The number of likely N-dealkylation sites (tertiary alicyclic amines) is 1. The molecule has 2 aliphatic heterocycles. The fraction of sp³-hybridized carbons (Fsp3) is 0.625. The van der Waals surface area contributed by atoms with E-state index < -0.39 is 11.8 Å². The molecule has 0 saturated carbocycles. The molecule has 2 fully saturated rings. The second-order valence-corrected chi connectivity index (χ2v) is 9.62. The van der Waals surface area contributed by atoms with E-state index >= 15 is 0 Å². The Morgan fingerprint density at radius 2 is 1.59 bits per heavy atom. The van der Waals surface area contributed by atoms with E-state index in [9.17, 15) is 14.4 Å². The molecule has 1 aromatic rings. The van der Waals surface area contributed by atoms with E-state index in [0.717, 1.165) is 0 Å². The maximum Gasteiger partial charge on any atom is 0.317 e. The third kappa shape index (κ3) is 5.72. The van der Waals surface area contributed by atoms with Gasteiger partial charge in [0.25, 0.3) is 0 Å². The van der Waals surface area contributed by atoms with Crippen molar-refractivity contribution in [3.63, 3.8) is 0 Å². The summed E-state index contributed by atoms with van der Waals surface area (Å²) in [6.07, 6.45) is 1.32. The first-order valence-corrected chi connectivity index (χ1v) is 11.7. The first-order valence-electron chi connectivity index (χ1n) is 11.7. The Morgan fingerprint density at radius 1 is 0.969 bits per heavy atom. The molecule has 0 spiro atoms. The molecular weight excluding hydrogens is 406 g/mol. The van der Waals surface area contributed by atoms with Crippen LogP contribution in [0.25, 0.3) is 0 Å². The van der Waals surface area contributed by atoms with Gasteiger partial charge in [-0.1, -0.05) is 39.0 Å². The van der Waals surface area contributed by atoms with E-state index in [0.29, 0.717) is 58.7 Å². The largest absolute Gasteiger partial charge is 0.368 e. The van der Waals surface area contributed by atoms with Gasteiger partial charge in [-0.2, -0.15) is 0 Å². The van der Waals surface area contributed by atoms with E-state index in [4.69, 9.17) is 0 Å². The van der Waals surface area contributed by atoms with Crippen molar-refractivity contribution < 1.29 is 15.8 Å². The van der Waals surface area contributed by atoms with Gasteiger partial charge in [-0.3, -0.25) is 9.59 Å². The Bertz CT molecular complexity index is 826. The number of benzene rings is 1. The molecule has 2 saturated heterocycles. The molecule has 2 heterocycles. The van der Waals surface area contributed by atoms with Crippen LogP contribution in [0.1, 0.15) is 47.5 Å². The number of urea groups is 1. The fourth-order valence-electron chi connectivity index (χ4n) is 4.41. The van der Waals surface area contributed by atoms with Crippen LogP contribution < -0.4 is 15.5 Å². The van der Waals surface area contributed by atoms with Crippen LogP contribution in [-0.4, -0.2) is 79.5 Å². The molecule has 3 rings (SSSR count). The molecule has 0 unspecified atom stereocenters. The van der Waals surface area contributed by atoms with Gasteiger partial charge in [-0.25, -0.2) is 4.79 Å². The summed E-state index contributed by atoms with van der Waals surface area (Å²) in [5.74, 6) is -0.995. The molecule has 2 N–H and O–H groups in total. The smallest absolute Gasteiger partial charge is 0.317 e. The summed E-state index contributed by atoms with van der Waals surface area (Å²) in [6, 6.07) is 8.27. The highest BCUT2D eigenvalue weighted by Gasteiger charge is 2.30. The highest BCUT2D eigenvalue weighted by molar-refractivity contribution is 6.35. The number of nitrogens with one attached hydrogen (secondary N) is 2. The normalized spacial score (nSPS) is 17.8. The lowest BCUT2D eigenvalue weighted by molar-refractivity contribution is -0.146. The predicted octanol–water partition coefficient (Wildman–Crippen LogP) is 2.19. The quantitative estimate of drug-likeness (QED) is 0.699. The Kier molecular flexibility index (Phi) is 7.64. The molecule has 2 aliphatic rings. The third-order valence-electron chi connectivity index (χ3n) is 6.26. The van der Waals surface area contributed by atoms with Gasteiger partial charge in [0, 0.05) is 59.0 Å². The summed E-state index contributed by atoms with van der Waals surface area (Å²) < 4.78 is 0. The lowest BCUT2D eigenvalue weighted by atomic mass is 9.85. The summed E-state index contributed by atoms with van der Waals surface area (Å²) in [5.41, 5.74) is 2.53. The number of piperidine rings is 1. The Morgan fingerprint density at radius 3 is 2.19 bits per heavy atom. The molecule has 0 radical (unpaired) electrons. The first kappa shape index (κ1) is 23.9. The van der Waals surface area contributed by atoms with Crippen LogP contribution in [0.15, 0.2) is 24.3 Å². The molecule has 8 nitrogen and oxygen atoms in total. The maximum atomic E-state index is 12.7. The average molecular weight is 446 g/mol. The van der Waals surface area contributed by atoms with E-state index in [1.807, 2.05) is 13.0 Å². The molecule has 0 atom stereocenters. The standard InChI is InChI=1S/C24H37N5O3.H2/c1-5-25-23(32)29-12-10-18(11-13-29)26-21(30)22(31)28-16-14-27(15-17-28)20-9-7-6-8-19(20)24(2,3)4;/h6-9,18H,5,10-17H2,1-4H3,(H,25,32)(H,26,30);1H. The number of rotatable bonds is 3. The van der Waals surface area contributed by atoms with Crippen molar-refractivity contribution in [3.8, 4) is 0 Å². The zero-order valence-electron chi connectivity index (χ0n) is 19.8. The van der Waals surface area contributed by atoms with Gasteiger partial charge in [0.1, 0.15) is 0 Å². The molecular formula is C24H39N5O3. The number of anilines is 1. The van der Waals surface area contributed by atoms with Crippen LogP contribution >= 0.6 is 0 Å². The van der Waals surface area contributed by atoms with E-state index in [2.05, 4.69) is 54.5 Å². The van der Waals surface area contributed by atoms with Crippen molar-refractivity contribution in [1.29, 1.82) is 0 Å². The van der Waals surface area contributed by atoms with Gasteiger partial charge in [0.05, 0.1) is 0 Å². The van der Waals surface area contributed by atoms with Gasteiger partial charge in [0.15, 0.2) is 0 Å². The van der Waals surface area contributed by atoms with Crippen molar-refractivity contribution in [1.82, 2.24) is 20.4 Å². The minimum absolute atomic E-state index is 0. The molecule has 0 bridgehead atoms. The number of amides is 4. The van der Waals surface area contributed by atoms with Gasteiger partial charge >= 0.3 is 17.8 Å². The Labute approximate surface area is 192 Å². The van der Waals surface area contributed by atoms with Crippen LogP contribution in [0.4, 0.5) is 10.5 Å². The summed E-state index contributed by atoms with van der Waals surface area (Å²) in [5, 5.41) is 5.67. The van der Waals surface area contributed by atoms with Gasteiger partial charge < -0.3 is 25.3 Å². The molecule has 0 aliphatic carbocycles. The van der Waals surface area contributed by atoms with Crippen molar-refractivity contribution in [3.05, 3.63) is 29.8 Å². The Hall–Kier alpha value is -2.77. The molecule has 178 valence electrons. The number of hydrogen-bond donors (Lipinski definition) is 2. The fourth-order valence-corrected chi connectivity index (χ4v) is 4.41. The summed E-state index contributed by atoms with van der Waals surface area (Å²) in [7, 11) is 0. The highest BCUT2D eigenvalue weighted by Crippen LogP contribution is 2.32. The van der Waals surface area contributed by atoms with Crippen LogP contribution in [0.5, 0.6) is 0 Å². The van der Waals surface area contributed by atoms with Gasteiger partial charge in [-0.15, -0.1) is 0 Å². The SMILES string of the molecule is CCNC(=O)N1CCC(NC(=O)C(=O)N2CCN(c3ccccc3C(C)(C)C)CC2)CC1.[HH]. The summed E-state index contributed by atoms with van der Waals surface area (Å²) in [6.45, 7) is 12.7. The number of carbonyl (C=O) groups is 3. The topological polar surface area (TPSA) is 85.0 Å². The van der Waals surface area contributed by atoms with E-state index in [-0.39, 0.29) is 18.9 Å². The molecule has 32 heavy (non-hydrogen) atoms. The third-order valence-corrected chi connectivity index (χ3v) is 6.26.